The summed E-state index contributed by atoms with van der Waals surface area (Å²) in [6.07, 6.45) is 1.21. The van der Waals surface area contributed by atoms with Crippen molar-refractivity contribution in [2.75, 3.05) is 30.5 Å². The Hall–Kier alpha value is -1.56. The van der Waals surface area contributed by atoms with Crippen molar-refractivity contribution in [3.05, 3.63) is 29.3 Å². The van der Waals surface area contributed by atoms with Gasteiger partial charge in [-0.25, -0.2) is 8.42 Å². The zero-order chi connectivity index (χ0) is 13.9. The third kappa shape index (κ3) is 4.03. The fourth-order valence-electron chi connectivity index (χ4n) is 1.62. The van der Waals surface area contributed by atoms with Gasteiger partial charge in [0, 0.05) is 31.1 Å². The number of anilines is 1. The van der Waals surface area contributed by atoms with Gasteiger partial charge in [0.05, 0.1) is 5.75 Å². The number of rotatable bonds is 5. The van der Waals surface area contributed by atoms with Crippen LogP contribution in [0.1, 0.15) is 11.1 Å². The fraction of sp³-hybridized carbons (Fsp3) is 0.417. The van der Waals surface area contributed by atoms with Crippen molar-refractivity contribution in [2.45, 2.75) is 6.92 Å². The van der Waals surface area contributed by atoms with Crippen LogP contribution in [0.15, 0.2) is 18.2 Å². The minimum absolute atomic E-state index is 0.0140. The molecule has 0 radical (unpaired) electrons. The number of hydrogen-bond acceptors (Lipinski definition) is 4. The van der Waals surface area contributed by atoms with E-state index >= 15 is 0 Å². The van der Waals surface area contributed by atoms with E-state index in [1.54, 1.807) is 11.9 Å². The third-order valence-corrected chi connectivity index (χ3v) is 3.58. The van der Waals surface area contributed by atoms with Gasteiger partial charge in [-0.2, -0.15) is 0 Å². The normalized spacial score (nSPS) is 11.3. The Morgan fingerprint density at radius 3 is 2.56 bits per heavy atom. The first-order chi connectivity index (χ1) is 8.20. The van der Waals surface area contributed by atoms with Crippen LogP contribution < -0.4 is 10.6 Å². The molecule has 0 aliphatic rings. The van der Waals surface area contributed by atoms with Crippen LogP contribution in [0.5, 0.6) is 0 Å². The summed E-state index contributed by atoms with van der Waals surface area (Å²) in [6.45, 7) is 2.30. The van der Waals surface area contributed by atoms with Gasteiger partial charge in [0.25, 0.3) is 0 Å². The molecule has 1 rings (SSSR count). The molecule has 3 N–H and O–H groups in total. The molecule has 0 aliphatic carbocycles. The van der Waals surface area contributed by atoms with Crippen LogP contribution >= 0.6 is 0 Å². The molecule has 0 saturated carbocycles. The molecule has 0 fully saturated rings. The zero-order valence-corrected chi connectivity index (χ0v) is 11.7. The fourth-order valence-corrected chi connectivity index (χ4v) is 2.23. The van der Waals surface area contributed by atoms with Gasteiger partial charge in [0.2, 0.25) is 0 Å². The van der Waals surface area contributed by atoms with E-state index in [-0.39, 0.29) is 11.6 Å². The molecule has 0 bridgehead atoms. The number of nitrogens with zero attached hydrogens (tertiary/aromatic N) is 1. The lowest BCUT2D eigenvalue weighted by atomic mass is 10.1. The Morgan fingerprint density at radius 1 is 1.44 bits per heavy atom. The van der Waals surface area contributed by atoms with E-state index in [0.29, 0.717) is 12.1 Å². The van der Waals surface area contributed by atoms with Crippen LogP contribution in [0.4, 0.5) is 5.69 Å². The molecule has 0 heterocycles. The van der Waals surface area contributed by atoms with Gasteiger partial charge >= 0.3 is 0 Å². The number of benzene rings is 1. The molecule has 0 spiro atoms. The first-order valence-electron chi connectivity index (χ1n) is 5.54. The second kappa shape index (κ2) is 5.39. The number of sulfone groups is 1. The maximum Gasteiger partial charge on any atom is 0.149 e. The molecule has 100 valence electrons. The number of nitrogen functional groups attached to an aromatic ring is 1. The Labute approximate surface area is 108 Å². The number of nitrogens with two attached hydrogens (primary N) is 1. The first kappa shape index (κ1) is 14.5. The Balaban J connectivity index is 2.98. The Morgan fingerprint density at radius 2 is 2.06 bits per heavy atom. The van der Waals surface area contributed by atoms with Crippen molar-refractivity contribution in [2.24, 2.45) is 5.73 Å². The van der Waals surface area contributed by atoms with Crippen molar-refractivity contribution in [1.29, 1.82) is 5.41 Å². The molecular weight excluding hydrogens is 250 g/mol. The minimum Gasteiger partial charge on any atom is -0.384 e. The summed E-state index contributed by atoms with van der Waals surface area (Å²) >= 11 is 0. The summed E-state index contributed by atoms with van der Waals surface area (Å²) in [5.41, 5.74) is 7.96. The second-order valence-corrected chi connectivity index (χ2v) is 6.75. The van der Waals surface area contributed by atoms with Gasteiger partial charge < -0.3 is 10.6 Å². The smallest absolute Gasteiger partial charge is 0.149 e. The van der Waals surface area contributed by atoms with Gasteiger partial charge in [-0.05, 0) is 19.1 Å². The maximum atomic E-state index is 11.1. The first-order valence-corrected chi connectivity index (χ1v) is 7.60. The van der Waals surface area contributed by atoms with Crippen LogP contribution in [0.2, 0.25) is 0 Å². The Kier molecular flexibility index (Phi) is 4.34. The van der Waals surface area contributed by atoms with Crippen LogP contribution in [0, 0.1) is 12.3 Å². The quantitative estimate of drug-likeness (QED) is 0.610. The average molecular weight is 269 g/mol. The summed E-state index contributed by atoms with van der Waals surface area (Å²) in [4.78, 5) is 1.80. The highest BCUT2D eigenvalue weighted by atomic mass is 32.2. The van der Waals surface area contributed by atoms with Crippen molar-refractivity contribution in [3.63, 3.8) is 0 Å². The van der Waals surface area contributed by atoms with Gasteiger partial charge in [-0.1, -0.05) is 11.6 Å². The molecule has 0 unspecified atom stereocenters. The van der Waals surface area contributed by atoms with Gasteiger partial charge in [0.15, 0.2) is 0 Å². The molecular formula is C12H19N3O2S. The molecule has 0 amide bonds. The highest BCUT2D eigenvalue weighted by Gasteiger charge is 2.12. The number of nitrogens with one attached hydrogen (secondary N) is 1. The number of aryl methyl sites for hydroxylation is 1. The lowest BCUT2D eigenvalue weighted by molar-refractivity contribution is 0.601. The summed E-state index contributed by atoms with van der Waals surface area (Å²) in [7, 11) is -1.20. The molecule has 0 aromatic heterocycles. The number of hydrogen-bond donors (Lipinski definition) is 2. The standard InChI is InChI=1S/C12H19N3O2S/c1-9-4-5-11(10(8-9)12(13)14)15(2)6-7-18(3,16)17/h4-5,8H,6-7H2,1-3H3,(H3,13,14). The average Bonchev–Trinajstić information content (AvgIpc) is 2.24. The van der Waals surface area contributed by atoms with Crippen LogP contribution in [0.25, 0.3) is 0 Å². The van der Waals surface area contributed by atoms with E-state index in [9.17, 15) is 8.42 Å². The summed E-state index contributed by atoms with van der Waals surface area (Å²) in [5.74, 6) is 0.0641. The Bertz CT molecular complexity index is 552. The van der Waals surface area contributed by atoms with E-state index in [1.807, 2.05) is 25.1 Å². The van der Waals surface area contributed by atoms with Crippen molar-refractivity contribution >= 4 is 21.4 Å². The minimum atomic E-state index is -3.00. The van der Waals surface area contributed by atoms with Gasteiger partial charge in [-0.3, -0.25) is 5.41 Å². The summed E-state index contributed by atoms with van der Waals surface area (Å²) in [5, 5.41) is 7.55. The van der Waals surface area contributed by atoms with E-state index in [0.717, 1.165) is 11.3 Å². The van der Waals surface area contributed by atoms with Gasteiger partial charge in [-0.15, -0.1) is 0 Å². The topological polar surface area (TPSA) is 87.2 Å². The lowest BCUT2D eigenvalue weighted by Crippen LogP contribution is -2.27. The van der Waals surface area contributed by atoms with Crippen LogP contribution in [-0.2, 0) is 9.84 Å². The summed E-state index contributed by atoms with van der Waals surface area (Å²) in [6, 6.07) is 5.60. The predicted molar refractivity (Wildman–Crippen MR) is 75.2 cm³/mol. The largest absolute Gasteiger partial charge is 0.384 e. The highest BCUT2D eigenvalue weighted by molar-refractivity contribution is 7.90. The van der Waals surface area contributed by atoms with E-state index in [4.69, 9.17) is 11.1 Å². The molecule has 0 atom stereocenters. The SMILES string of the molecule is Cc1ccc(N(C)CCS(C)(=O)=O)c(C(=N)N)c1. The molecule has 1 aromatic rings. The van der Waals surface area contributed by atoms with E-state index in [2.05, 4.69) is 0 Å². The molecule has 6 heteroatoms. The highest BCUT2D eigenvalue weighted by Crippen LogP contribution is 2.20. The molecule has 0 aliphatic heterocycles. The van der Waals surface area contributed by atoms with Crippen molar-refractivity contribution < 1.29 is 8.42 Å². The monoisotopic (exact) mass is 269 g/mol. The number of amidine groups is 1. The van der Waals surface area contributed by atoms with Crippen LogP contribution in [-0.4, -0.2) is 39.9 Å². The van der Waals surface area contributed by atoms with Crippen LogP contribution in [0.3, 0.4) is 0 Å². The predicted octanol–water partition coefficient (Wildman–Crippen LogP) is 0.760. The van der Waals surface area contributed by atoms with E-state index < -0.39 is 9.84 Å². The third-order valence-electron chi connectivity index (χ3n) is 2.65. The molecule has 18 heavy (non-hydrogen) atoms. The maximum absolute atomic E-state index is 11.1. The molecule has 5 nitrogen and oxygen atoms in total. The van der Waals surface area contributed by atoms with E-state index in [1.165, 1.54) is 6.26 Å². The molecule has 1 aromatic carbocycles. The van der Waals surface area contributed by atoms with Crippen molar-refractivity contribution in [1.82, 2.24) is 0 Å². The second-order valence-electron chi connectivity index (χ2n) is 4.49. The van der Waals surface area contributed by atoms with Crippen molar-refractivity contribution in [3.8, 4) is 0 Å². The zero-order valence-electron chi connectivity index (χ0n) is 10.9. The molecule has 0 saturated heterocycles. The summed E-state index contributed by atoms with van der Waals surface area (Å²) < 4.78 is 22.3. The van der Waals surface area contributed by atoms with Gasteiger partial charge in [0.1, 0.15) is 15.7 Å². The lowest BCUT2D eigenvalue weighted by Gasteiger charge is -2.22.